The molecular weight excluding hydrogens is 402 g/mol. The fourth-order valence-corrected chi connectivity index (χ4v) is 4.83. The van der Waals surface area contributed by atoms with Crippen LogP contribution in [-0.4, -0.2) is 11.7 Å². The minimum absolute atomic E-state index is 0.190. The maximum Gasteiger partial charge on any atom is 0.254 e. The molecule has 1 aliphatic rings. The fourth-order valence-electron chi connectivity index (χ4n) is 3.73. The monoisotopic (exact) mass is 431 g/mol. The number of carbonyl (C=O) groups excluding carboxylic acids is 1. The van der Waals surface area contributed by atoms with Crippen molar-refractivity contribution in [2.45, 2.75) is 45.4 Å². The summed E-state index contributed by atoms with van der Waals surface area (Å²) in [5.41, 5.74) is 3.66. The van der Waals surface area contributed by atoms with Gasteiger partial charge in [-0.05, 0) is 36.8 Å². The molecule has 0 saturated heterocycles. The largest absolute Gasteiger partial charge is 0.353 e. The lowest BCUT2D eigenvalue weighted by atomic mass is 9.82. The van der Waals surface area contributed by atoms with Gasteiger partial charge in [-0.25, -0.2) is 0 Å². The Morgan fingerprint density at radius 3 is 2.39 bits per heavy atom. The van der Waals surface area contributed by atoms with Crippen LogP contribution in [0.2, 0.25) is 0 Å². The molecule has 1 heterocycles. The number of hydrogen-bond acceptors (Lipinski definition) is 4. The van der Waals surface area contributed by atoms with Crippen molar-refractivity contribution in [1.29, 1.82) is 5.26 Å². The van der Waals surface area contributed by atoms with E-state index in [1.54, 1.807) is 11.8 Å². The Kier molecular flexibility index (Phi) is 8.37. The molecule has 4 nitrogen and oxygen atoms in total. The molecule has 1 amide bonds. The van der Waals surface area contributed by atoms with Crippen LogP contribution >= 0.6 is 11.8 Å². The molecule has 1 aliphatic heterocycles. The molecule has 0 spiro atoms. The van der Waals surface area contributed by atoms with Crippen LogP contribution in [0.3, 0.4) is 0 Å². The molecule has 0 radical (unpaired) electrons. The van der Waals surface area contributed by atoms with E-state index in [2.05, 4.69) is 23.6 Å². The minimum atomic E-state index is -0.394. The van der Waals surface area contributed by atoms with Crippen molar-refractivity contribution < 1.29 is 4.79 Å². The predicted molar refractivity (Wildman–Crippen MR) is 129 cm³/mol. The van der Waals surface area contributed by atoms with Crippen LogP contribution < -0.4 is 10.6 Å². The zero-order valence-corrected chi connectivity index (χ0v) is 19.0. The number of hydrogen-bond donors (Lipinski definition) is 2. The lowest BCUT2D eigenvalue weighted by molar-refractivity contribution is -0.113. The number of unbranched alkanes of at least 4 members (excludes halogenated alkanes) is 3. The van der Waals surface area contributed by atoms with E-state index in [0.29, 0.717) is 11.1 Å². The van der Waals surface area contributed by atoms with Gasteiger partial charge in [0, 0.05) is 17.0 Å². The average Bonchev–Trinajstić information content (AvgIpc) is 2.79. The summed E-state index contributed by atoms with van der Waals surface area (Å²) in [6.07, 6.45) is 4.74. The maximum atomic E-state index is 13.3. The van der Waals surface area contributed by atoms with Crippen LogP contribution in [0.5, 0.6) is 0 Å². The van der Waals surface area contributed by atoms with Crippen LogP contribution in [0.15, 0.2) is 82.5 Å². The molecule has 160 valence electrons. The van der Waals surface area contributed by atoms with E-state index in [4.69, 9.17) is 0 Å². The standard InChI is InChI=1S/C26H29N3OS/c1-3-4-5-12-17-31-26-22(18-27)24(20-13-8-6-9-14-20)23(19(2)28-26)25(30)29-21-15-10-7-11-16-21/h6-11,13-16,24,28H,3-5,12,17H2,1-2H3,(H,29,30)/t24-/m1/s1. The van der Waals surface area contributed by atoms with Crippen molar-refractivity contribution in [3.05, 3.63) is 88.1 Å². The van der Waals surface area contributed by atoms with Gasteiger partial charge in [0.25, 0.3) is 5.91 Å². The molecule has 1 atom stereocenters. The number of allylic oxidation sites excluding steroid dienone is 2. The molecule has 5 heteroatoms. The van der Waals surface area contributed by atoms with E-state index in [1.807, 2.05) is 67.6 Å². The summed E-state index contributed by atoms with van der Waals surface area (Å²) in [4.78, 5) is 13.3. The first-order valence-corrected chi connectivity index (χ1v) is 11.8. The quantitative estimate of drug-likeness (QED) is 0.455. The lowest BCUT2D eigenvalue weighted by Crippen LogP contribution is -2.30. The highest BCUT2D eigenvalue weighted by Crippen LogP contribution is 2.41. The number of nitrogens with zero attached hydrogens (tertiary/aromatic N) is 1. The number of anilines is 1. The molecule has 31 heavy (non-hydrogen) atoms. The first-order chi connectivity index (χ1) is 15.2. The van der Waals surface area contributed by atoms with Gasteiger partial charge in [-0.2, -0.15) is 5.26 Å². The van der Waals surface area contributed by atoms with Gasteiger partial charge in [0.05, 0.1) is 22.6 Å². The fraction of sp³-hybridized carbons (Fsp3) is 0.308. The molecule has 0 fully saturated rings. The molecule has 0 aromatic heterocycles. The molecule has 2 N–H and O–H groups in total. The van der Waals surface area contributed by atoms with Crippen LogP contribution in [-0.2, 0) is 4.79 Å². The van der Waals surface area contributed by atoms with Gasteiger partial charge in [-0.3, -0.25) is 4.79 Å². The third-order valence-electron chi connectivity index (χ3n) is 5.30. The Morgan fingerprint density at radius 2 is 1.74 bits per heavy atom. The summed E-state index contributed by atoms with van der Waals surface area (Å²) in [6, 6.07) is 21.6. The van der Waals surface area contributed by atoms with Crippen molar-refractivity contribution in [2.24, 2.45) is 0 Å². The number of carbonyl (C=O) groups is 1. The number of rotatable bonds is 9. The van der Waals surface area contributed by atoms with Gasteiger partial charge >= 0.3 is 0 Å². The highest BCUT2D eigenvalue weighted by atomic mass is 32.2. The summed E-state index contributed by atoms with van der Waals surface area (Å²) in [7, 11) is 0. The van der Waals surface area contributed by atoms with Crippen molar-refractivity contribution in [3.63, 3.8) is 0 Å². The van der Waals surface area contributed by atoms with E-state index >= 15 is 0 Å². The van der Waals surface area contributed by atoms with Gasteiger partial charge in [0.1, 0.15) is 0 Å². The summed E-state index contributed by atoms with van der Waals surface area (Å²) in [6.45, 7) is 4.12. The molecule has 2 aromatic carbocycles. The normalized spacial score (nSPS) is 16.0. The van der Waals surface area contributed by atoms with Gasteiger partial charge in [0.15, 0.2) is 0 Å². The smallest absolute Gasteiger partial charge is 0.254 e. The number of thioether (sulfide) groups is 1. The summed E-state index contributed by atoms with van der Waals surface area (Å²) < 4.78 is 0. The van der Waals surface area contributed by atoms with Gasteiger partial charge in [-0.15, -0.1) is 11.8 Å². The van der Waals surface area contributed by atoms with E-state index in [-0.39, 0.29) is 5.91 Å². The Hall–Kier alpha value is -2.97. The van der Waals surface area contributed by atoms with Gasteiger partial charge in [-0.1, -0.05) is 74.7 Å². The maximum absolute atomic E-state index is 13.3. The molecule has 0 unspecified atom stereocenters. The number of nitrogens with one attached hydrogen (secondary N) is 2. The van der Waals surface area contributed by atoms with Crippen LogP contribution in [0, 0.1) is 11.3 Å². The summed E-state index contributed by atoms with van der Waals surface area (Å²) in [5, 5.41) is 17.3. The zero-order valence-electron chi connectivity index (χ0n) is 18.2. The molecule has 0 aliphatic carbocycles. The van der Waals surface area contributed by atoms with Crippen molar-refractivity contribution >= 4 is 23.4 Å². The Bertz CT molecular complexity index is 990. The van der Waals surface area contributed by atoms with E-state index in [9.17, 15) is 10.1 Å². The van der Waals surface area contributed by atoms with Crippen molar-refractivity contribution in [1.82, 2.24) is 5.32 Å². The molecular formula is C26H29N3OS. The van der Waals surface area contributed by atoms with E-state index in [0.717, 1.165) is 34.2 Å². The molecule has 3 rings (SSSR count). The topological polar surface area (TPSA) is 64.9 Å². The Labute approximate surface area is 189 Å². The third kappa shape index (κ3) is 5.80. The minimum Gasteiger partial charge on any atom is -0.353 e. The van der Waals surface area contributed by atoms with Crippen LogP contribution in [0.25, 0.3) is 0 Å². The van der Waals surface area contributed by atoms with Crippen LogP contribution in [0.4, 0.5) is 5.69 Å². The summed E-state index contributed by atoms with van der Waals surface area (Å²) in [5.74, 6) is 0.368. The predicted octanol–water partition coefficient (Wildman–Crippen LogP) is 6.33. The van der Waals surface area contributed by atoms with Gasteiger partial charge in [0.2, 0.25) is 0 Å². The Morgan fingerprint density at radius 1 is 1.06 bits per heavy atom. The molecule has 2 aromatic rings. The van der Waals surface area contributed by atoms with E-state index < -0.39 is 5.92 Å². The second kappa shape index (κ2) is 11.4. The Balaban J connectivity index is 1.92. The number of benzene rings is 2. The average molecular weight is 432 g/mol. The highest BCUT2D eigenvalue weighted by molar-refractivity contribution is 8.03. The molecule has 0 saturated carbocycles. The first kappa shape index (κ1) is 22.7. The number of amides is 1. The second-order valence-corrected chi connectivity index (χ2v) is 8.70. The van der Waals surface area contributed by atoms with Gasteiger partial charge < -0.3 is 10.6 Å². The zero-order chi connectivity index (χ0) is 22.1. The van der Waals surface area contributed by atoms with Crippen LogP contribution in [0.1, 0.15) is 51.0 Å². The summed E-state index contributed by atoms with van der Waals surface area (Å²) >= 11 is 1.68. The number of para-hydroxylation sites is 1. The first-order valence-electron chi connectivity index (χ1n) is 10.8. The highest BCUT2D eigenvalue weighted by Gasteiger charge is 2.34. The van der Waals surface area contributed by atoms with E-state index in [1.165, 1.54) is 19.3 Å². The third-order valence-corrected chi connectivity index (χ3v) is 6.40. The van der Waals surface area contributed by atoms with Crippen molar-refractivity contribution in [3.8, 4) is 6.07 Å². The molecule has 0 bridgehead atoms. The number of nitriles is 1. The number of dihydropyridines is 1. The second-order valence-electron chi connectivity index (χ2n) is 7.59. The lowest BCUT2D eigenvalue weighted by Gasteiger charge is -2.30. The van der Waals surface area contributed by atoms with Crippen molar-refractivity contribution in [2.75, 3.05) is 11.1 Å². The SMILES string of the molecule is CCCCCCSC1=C(C#N)[C@@H](c2ccccc2)C(C(=O)Nc2ccccc2)=C(C)N1.